The summed E-state index contributed by atoms with van der Waals surface area (Å²) in [6.45, 7) is 5.43. The number of likely N-dealkylation sites (tertiary alicyclic amines) is 1. The van der Waals surface area contributed by atoms with Crippen molar-refractivity contribution in [3.05, 3.63) is 62.8 Å². The van der Waals surface area contributed by atoms with Crippen molar-refractivity contribution in [3.8, 4) is 0 Å². The zero-order valence-electron chi connectivity index (χ0n) is 13.9. The number of hydrogen-bond donors (Lipinski definition) is 1. The van der Waals surface area contributed by atoms with Gasteiger partial charge in [0.25, 0.3) is 5.56 Å². The van der Waals surface area contributed by atoms with E-state index in [4.69, 9.17) is 0 Å². The smallest absolute Gasteiger partial charge is 0.254 e. The molecule has 6 heteroatoms. The van der Waals surface area contributed by atoms with Crippen LogP contribution in [0.4, 0.5) is 8.78 Å². The van der Waals surface area contributed by atoms with Gasteiger partial charge in [-0.15, -0.1) is 0 Å². The first-order valence-electron chi connectivity index (χ1n) is 8.18. The number of piperidine rings is 1. The summed E-state index contributed by atoms with van der Waals surface area (Å²) in [5, 5.41) is 0. The maximum absolute atomic E-state index is 13.9. The number of halogens is 2. The van der Waals surface area contributed by atoms with Crippen LogP contribution >= 0.6 is 0 Å². The van der Waals surface area contributed by atoms with Crippen LogP contribution in [-0.4, -0.2) is 28.0 Å². The Morgan fingerprint density at radius 2 is 2.12 bits per heavy atom. The molecular formula is C18H21F2N3O. The second-order valence-corrected chi connectivity index (χ2v) is 6.45. The summed E-state index contributed by atoms with van der Waals surface area (Å²) in [4.78, 5) is 21.4. The molecule has 0 bridgehead atoms. The van der Waals surface area contributed by atoms with E-state index in [1.165, 1.54) is 6.07 Å². The number of H-pyrrole nitrogens is 1. The average molecular weight is 333 g/mol. The van der Waals surface area contributed by atoms with Gasteiger partial charge in [-0.2, -0.15) is 0 Å². The van der Waals surface area contributed by atoms with E-state index >= 15 is 0 Å². The number of rotatable bonds is 3. The van der Waals surface area contributed by atoms with Gasteiger partial charge in [0, 0.05) is 35.8 Å². The van der Waals surface area contributed by atoms with E-state index in [0.29, 0.717) is 30.0 Å². The topological polar surface area (TPSA) is 49.0 Å². The molecule has 2 heterocycles. The molecule has 0 spiro atoms. The zero-order valence-corrected chi connectivity index (χ0v) is 13.9. The molecule has 1 atom stereocenters. The van der Waals surface area contributed by atoms with E-state index in [1.54, 1.807) is 13.0 Å². The zero-order chi connectivity index (χ0) is 17.3. The Kier molecular flexibility index (Phi) is 4.76. The monoisotopic (exact) mass is 333 g/mol. The lowest BCUT2D eigenvalue weighted by atomic mass is 9.96. The fourth-order valence-corrected chi connectivity index (χ4v) is 3.19. The van der Waals surface area contributed by atoms with Crippen LogP contribution in [0.1, 0.15) is 41.4 Å². The van der Waals surface area contributed by atoms with Crippen LogP contribution in [0.5, 0.6) is 0 Å². The average Bonchev–Trinajstić information content (AvgIpc) is 2.57. The lowest BCUT2D eigenvalue weighted by Gasteiger charge is -2.32. The van der Waals surface area contributed by atoms with Crippen LogP contribution in [0, 0.1) is 25.5 Å². The van der Waals surface area contributed by atoms with Crippen LogP contribution in [0.25, 0.3) is 0 Å². The maximum Gasteiger partial charge on any atom is 0.254 e. The number of nitrogens with zero attached hydrogens (tertiary/aromatic N) is 2. The first-order valence-corrected chi connectivity index (χ1v) is 8.18. The van der Waals surface area contributed by atoms with Gasteiger partial charge in [-0.3, -0.25) is 9.69 Å². The van der Waals surface area contributed by atoms with Crippen molar-refractivity contribution in [3.63, 3.8) is 0 Å². The highest BCUT2D eigenvalue weighted by atomic mass is 19.2. The highest BCUT2D eigenvalue weighted by Crippen LogP contribution is 2.26. The minimum absolute atomic E-state index is 0.0994. The fourth-order valence-electron chi connectivity index (χ4n) is 3.19. The number of hydrogen-bond acceptors (Lipinski definition) is 3. The number of aromatic nitrogens is 2. The Balaban J connectivity index is 1.77. The normalized spacial score (nSPS) is 18.8. The van der Waals surface area contributed by atoms with Crippen LogP contribution in [-0.2, 0) is 6.54 Å². The molecule has 1 saturated heterocycles. The Morgan fingerprint density at radius 1 is 1.33 bits per heavy atom. The first kappa shape index (κ1) is 16.8. The van der Waals surface area contributed by atoms with Crippen molar-refractivity contribution in [2.24, 2.45) is 0 Å². The molecule has 24 heavy (non-hydrogen) atoms. The van der Waals surface area contributed by atoms with Crippen molar-refractivity contribution in [1.82, 2.24) is 14.9 Å². The SMILES string of the molecule is Cc1nc([C@H]2CCCN(Cc3cccc(F)c3F)C2)[nH]c(=O)c1C. The summed E-state index contributed by atoms with van der Waals surface area (Å²) >= 11 is 0. The first-order chi connectivity index (χ1) is 11.5. The molecule has 1 N–H and O–H groups in total. The van der Waals surface area contributed by atoms with Gasteiger partial charge in [-0.1, -0.05) is 12.1 Å². The molecule has 4 nitrogen and oxygen atoms in total. The molecule has 1 aromatic heterocycles. The summed E-state index contributed by atoms with van der Waals surface area (Å²) in [6.07, 6.45) is 1.85. The van der Waals surface area contributed by atoms with Crippen molar-refractivity contribution in [1.29, 1.82) is 0 Å². The van der Waals surface area contributed by atoms with Gasteiger partial charge >= 0.3 is 0 Å². The largest absolute Gasteiger partial charge is 0.310 e. The van der Waals surface area contributed by atoms with Gasteiger partial charge in [0.2, 0.25) is 0 Å². The summed E-state index contributed by atoms with van der Waals surface area (Å²) in [6, 6.07) is 4.26. The maximum atomic E-state index is 13.9. The van der Waals surface area contributed by atoms with Crippen LogP contribution < -0.4 is 5.56 Å². The molecule has 128 valence electrons. The van der Waals surface area contributed by atoms with E-state index < -0.39 is 11.6 Å². The van der Waals surface area contributed by atoms with E-state index in [1.807, 2.05) is 6.92 Å². The molecule has 0 radical (unpaired) electrons. The van der Waals surface area contributed by atoms with Crippen molar-refractivity contribution >= 4 is 0 Å². The fraction of sp³-hybridized carbons (Fsp3) is 0.444. The summed E-state index contributed by atoms with van der Waals surface area (Å²) in [5.41, 5.74) is 1.62. The van der Waals surface area contributed by atoms with Gasteiger partial charge < -0.3 is 4.98 Å². The molecule has 0 amide bonds. The number of aromatic amines is 1. The van der Waals surface area contributed by atoms with Crippen molar-refractivity contribution < 1.29 is 8.78 Å². The quantitative estimate of drug-likeness (QED) is 0.939. The van der Waals surface area contributed by atoms with Crippen LogP contribution in [0.2, 0.25) is 0 Å². The summed E-state index contributed by atoms with van der Waals surface area (Å²) < 4.78 is 27.2. The molecule has 0 saturated carbocycles. The number of aryl methyl sites for hydroxylation is 1. The van der Waals surface area contributed by atoms with Gasteiger partial charge in [0.15, 0.2) is 11.6 Å². The minimum atomic E-state index is -0.818. The third-order valence-corrected chi connectivity index (χ3v) is 4.73. The molecule has 1 aliphatic heterocycles. The minimum Gasteiger partial charge on any atom is -0.310 e. The summed E-state index contributed by atoms with van der Waals surface area (Å²) in [5.74, 6) is -0.812. The van der Waals surface area contributed by atoms with Gasteiger partial charge in [-0.05, 0) is 39.3 Å². The highest BCUT2D eigenvalue weighted by Gasteiger charge is 2.24. The van der Waals surface area contributed by atoms with Gasteiger partial charge in [0.05, 0.1) is 0 Å². The molecule has 1 fully saturated rings. The molecule has 2 aromatic rings. The molecule has 3 rings (SSSR count). The Labute approximate surface area is 139 Å². The molecular weight excluding hydrogens is 312 g/mol. The van der Waals surface area contributed by atoms with Gasteiger partial charge in [-0.25, -0.2) is 13.8 Å². The van der Waals surface area contributed by atoms with E-state index in [-0.39, 0.29) is 11.5 Å². The van der Waals surface area contributed by atoms with Crippen molar-refractivity contribution in [2.45, 2.75) is 39.2 Å². The lowest BCUT2D eigenvalue weighted by molar-refractivity contribution is 0.193. The Bertz CT molecular complexity index is 803. The Hall–Kier alpha value is -2.08. The standard InChI is InChI=1S/C18H21F2N3O/c1-11-12(2)21-17(22-18(11)24)14-6-4-8-23(10-14)9-13-5-3-7-15(19)16(13)20/h3,5,7,14H,4,6,8-10H2,1-2H3,(H,21,22,24)/t14-/m0/s1. The van der Waals surface area contributed by atoms with E-state index in [0.717, 1.165) is 31.1 Å². The van der Waals surface area contributed by atoms with Crippen molar-refractivity contribution in [2.75, 3.05) is 13.1 Å². The third-order valence-electron chi connectivity index (χ3n) is 4.73. The predicted octanol–water partition coefficient (Wildman–Crippen LogP) is 3.04. The van der Waals surface area contributed by atoms with E-state index in [9.17, 15) is 13.6 Å². The van der Waals surface area contributed by atoms with Crippen LogP contribution in [0.15, 0.2) is 23.0 Å². The number of benzene rings is 1. The predicted molar refractivity (Wildman–Crippen MR) is 87.9 cm³/mol. The molecule has 1 aromatic carbocycles. The molecule has 1 aliphatic rings. The number of nitrogens with one attached hydrogen (secondary N) is 1. The third kappa shape index (κ3) is 3.38. The van der Waals surface area contributed by atoms with E-state index in [2.05, 4.69) is 14.9 Å². The summed E-state index contributed by atoms with van der Waals surface area (Å²) in [7, 11) is 0. The second kappa shape index (κ2) is 6.81. The molecule has 0 unspecified atom stereocenters. The Morgan fingerprint density at radius 3 is 2.88 bits per heavy atom. The second-order valence-electron chi connectivity index (χ2n) is 6.45. The van der Waals surface area contributed by atoms with Crippen LogP contribution in [0.3, 0.4) is 0 Å². The highest BCUT2D eigenvalue weighted by molar-refractivity contribution is 5.19. The molecule has 0 aliphatic carbocycles. The lowest BCUT2D eigenvalue weighted by Crippen LogP contribution is -2.35. The van der Waals surface area contributed by atoms with Gasteiger partial charge in [0.1, 0.15) is 5.82 Å².